The molecule has 104 valence electrons. The van der Waals surface area contributed by atoms with Crippen LogP contribution in [0.15, 0.2) is 16.8 Å². The summed E-state index contributed by atoms with van der Waals surface area (Å²) in [5.41, 5.74) is 1.28. The number of fused-ring (bicyclic) bond motifs is 1. The highest BCUT2D eigenvalue weighted by Crippen LogP contribution is 2.37. The summed E-state index contributed by atoms with van der Waals surface area (Å²) in [6, 6.07) is 2.64. The number of thiophene rings is 1. The summed E-state index contributed by atoms with van der Waals surface area (Å²) >= 11 is 1.71. The van der Waals surface area contributed by atoms with Gasteiger partial charge in [-0.05, 0) is 61.0 Å². The van der Waals surface area contributed by atoms with E-state index in [1.165, 1.54) is 31.2 Å². The molecule has 0 aromatic carbocycles. The fourth-order valence-corrected chi connectivity index (χ4v) is 4.33. The van der Waals surface area contributed by atoms with E-state index in [-0.39, 0.29) is 6.04 Å². The van der Waals surface area contributed by atoms with Crippen LogP contribution in [0, 0.1) is 5.92 Å². The summed E-state index contributed by atoms with van der Waals surface area (Å²) in [5, 5.41) is 7.46. The highest BCUT2D eigenvalue weighted by Gasteiger charge is 2.39. The molecule has 0 bridgehead atoms. The van der Waals surface area contributed by atoms with Gasteiger partial charge >= 0.3 is 0 Å². The number of likely N-dealkylation sites (tertiary alicyclic amines) is 1. The Morgan fingerprint density at radius 3 is 3.00 bits per heavy atom. The molecule has 3 rings (SSSR count). The number of nitrogens with zero attached hydrogens (tertiary/aromatic N) is 1. The van der Waals surface area contributed by atoms with E-state index in [2.05, 4.69) is 27.0 Å². The van der Waals surface area contributed by atoms with Gasteiger partial charge in [-0.15, -0.1) is 0 Å². The number of rotatable bonds is 3. The molecule has 1 amide bonds. The van der Waals surface area contributed by atoms with Crippen LogP contribution >= 0.6 is 11.3 Å². The molecule has 4 heteroatoms. The van der Waals surface area contributed by atoms with Crippen molar-refractivity contribution in [3.8, 4) is 0 Å². The maximum Gasteiger partial charge on any atom is 0.240 e. The second-order valence-electron chi connectivity index (χ2n) is 5.77. The molecule has 2 heterocycles. The summed E-state index contributed by atoms with van der Waals surface area (Å²) in [6.07, 6.45) is 5.97. The fourth-order valence-electron chi connectivity index (χ4n) is 3.67. The SMILES string of the molecule is CNC1CCC2CCCC2N(Cc2ccsc2)C1=O. The molecule has 1 aromatic heterocycles. The molecule has 0 radical (unpaired) electrons. The maximum absolute atomic E-state index is 12.7. The Morgan fingerprint density at radius 2 is 2.26 bits per heavy atom. The summed E-state index contributed by atoms with van der Waals surface area (Å²) in [6.45, 7) is 0.793. The average Bonchev–Trinajstić information content (AvgIpc) is 3.05. The lowest BCUT2D eigenvalue weighted by molar-refractivity contribution is -0.136. The van der Waals surface area contributed by atoms with Crippen molar-refractivity contribution < 1.29 is 4.79 Å². The molecule has 3 unspecified atom stereocenters. The van der Waals surface area contributed by atoms with Gasteiger partial charge in [0.25, 0.3) is 0 Å². The van der Waals surface area contributed by atoms with Crippen LogP contribution in [0.4, 0.5) is 0 Å². The normalized spacial score (nSPS) is 31.3. The van der Waals surface area contributed by atoms with Crippen molar-refractivity contribution in [1.82, 2.24) is 10.2 Å². The van der Waals surface area contributed by atoms with Crippen LogP contribution < -0.4 is 5.32 Å². The number of hydrogen-bond donors (Lipinski definition) is 1. The number of carbonyl (C=O) groups is 1. The van der Waals surface area contributed by atoms with Gasteiger partial charge in [-0.2, -0.15) is 11.3 Å². The van der Waals surface area contributed by atoms with Gasteiger partial charge in [-0.25, -0.2) is 0 Å². The molecular formula is C15H22N2OS. The molecule has 2 aliphatic rings. The van der Waals surface area contributed by atoms with Crippen molar-refractivity contribution in [1.29, 1.82) is 0 Å². The van der Waals surface area contributed by atoms with Crippen LogP contribution in [-0.4, -0.2) is 29.9 Å². The lowest BCUT2D eigenvalue weighted by Crippen LogP contribution is -2.47. The first-order valence-electron chi connectivity index (χ1n) is 7.28. The average molecular weight is 278 g/mol. The van der Waals surface area contributed by atoms with E-state index in [1.807, 2.05) is 7.05 Å². The van der Waals surface area contributed by atoms with Crippen LogP contribution in [0.1, 0.15) is 37.7 Å². The highest BCUT2D eigenvalue weighted by atomic mass is 32.1. The van der Waals surface area contributed by atoms with E-state index in [4.69, 9.17) is 0 Å². The lowest BCUT2D eigenvalue weighted by Gasteiger charge is -2.32. The van der Waals surface area contributed by atoms with E-state index in [0.717, 1.165) is 18.9 Å². The minimum Gasteiger partial charge on any atom is -0.334 e. The van der Waals surface area contributed by atoms with Crippen molar-refractivity contribution in [2.45, 2.75) is 50.7 Å². The molecule has 1 aliphatic carbocycles. The smallest absolute Gasteiger partial charge is 0.240 e. The van der Waals surface area contributed by atoms with Crippen LogP contribution in [0.5, 0.6) is 0 Å². The van der Waals surface area contributed by atoms with Crippen molar-refractivity contribution in [3.63, 3.8) is 0 Å². The monoisotopic (exact) mass is 278 g/mol. The molecule has 1 N–H and O–H groups in total. The predicted octanol–water partition coefficient (Wildman–Crippen LogP) is 2.63. The first-order valence-corrected chi connectivity index (χ1v) is 8.22. The standard InChI is InChI=1S/C15H22N2OS/c1-16-13-6-5-12-3-2-4-14(12)17(15(13)18)9-11-7-8-19-10-11/h7-8,10,12-14,16H,2-6,9H2,1H3. The first kappa shape index (κ1) is 13.1. The van der Waals surface area contributed by atoms with Gasteiger partial charge in [0.15, 0.2) is 0 Å². The zero-order valence-corrected chi connectivity index (χ0v) is 12.3. The third-order valence-corrected chi connectivity index (χ3v) is 5.44. The van der Waals surface area contributed by atoms with Crippen molar-refractivity contribution in [3.05, 3.63) is 22.4 Å². The Hall–Kier alpha value is -0.870. The predicted molar refractivity (Wildman–Crippen MR) is 78.1 cm³/mol. The Bertz CT molecular complexity index is 431. The van der Waals surface area contributed by atoms with Gasteiger partial charge in [0.1, 0.15) is 0 Å². The van der Waals surface area contributed by atoms with Crippen LogP contribution in [-0.2, 0) is 11.3 Å². The van der Waals surface area contributed by atoms with Crippen molar-refractivity contribution >= 4 is 17.2 Å². The Kier molecular flexibility index (Phi) is 3.89. The number of carbonyl (C=O) groups excluding carboxylic acids is 1. The minimum absolute atomic E-state index is 0.0178. The summed E-state index contributed by atoms with van der Waals surface area (Å²) in [5.74, 6) is 1.03. The number of amides is 1. The Labute approximate surface area is 119 Å². The summed E-state index contributed by atoms with van der Waals surface area (Å²) < 4.78 is 0. The largest absolute Gasteiger partial charge is 0.334 e. The quantitative estimate of drug-likeness (QED) is 0.922. The number of nitrogens with one attached hydrogen (secondary N) is 1. The molecule has 1 aliphatic heterocycles. The third kappa shape index (κ3) is 2.56. The zero-order valence-electron chi connectivity index (χ0n) is 11.5. The Balaban J connectivity index is 1.84. The second-order valence-corrected chi connectivity index (χ2v) is 6.55. The summed E-state index contributed by atoms with van der Waals surface area (Å²) in [4.78, 5) is 14.9. The Morgan fingerprint density at radius 1 is 1.37 bits per heavy atom. The van der Waals surface area contributed by atoms with E-state index in [0.29, 0.717) is 11.9 Å². The molecular weight excluding hydrogens is 256 g/mol. The second kappa shape index (κ2) is 5.63. The molecule has 1 saturated heterocycles. The van der Waals surface area contributed by atoms with Gasteiger partial charge in [-0.3, -0.25) is 4.79 Å². The van der Waals surface area contributed by atoms with E-state index >= 15 is 0 Å². The molecule has 1 aromatic rings. The summed E-state index contributed by atoms with van der Waals surface area (Å²) in [7, 11) is 1.91. The van der Waals surface area contributed by atoms with Crippen molar-refractivity contribution in [2.24, 2.45) is 5.92 Å². The zero-order chi connectivity index (χ0) is 13.2. The molecule has 3 atom stereocenters. The minimum atomic E-state index is 0.0178. The first-order chi connectivity index (χ1) is 9.29. The van der Waals surface area contributed by atoms with E-state index in [9.17, 15) is 4.79 Å². The molecule has 19 heavy (non-hydrogen) atoms. The van der Waals surface area contributed by atoms with Crippen LogP contribution in [0.3, 0.4) is 0 Å². The van der Waals surface area contributed by atoms with Gasteiger partial charge in [0.05, 0.1) is 6.04 Å². The number of likely N-dealkylation sites (N-methyl/N-ethyl adjacent to an activating group) is 1. The molecule has 0 spiro atoms. The van der Waals surface area contributed by atoms with Crippen LogP contribution in [0.2, 0.25) is 0 Å². The van der Waals surface area contributed by atoms with Gasteiger partial charge in [0, 0.05) is 12.6 Å². The lowest BCUT2D eigenvalue weighted by atomic mass is 9.97. The molecule has 1 saturated carbocycles. The number of hydrogen-bond acceptors (Lipinski definition) is 3. The topological polar surface area (TPSA) is 32.3 Å². The van der Waals surface area contributed by atoms with Crippen LogP contribution in [0.25, 0.3) is 0 Å². The van der Waals surface area contributed by atoms with Gasteiger partial charge < -0.3 is 10.2 Å². The molecule has 3 nitrogen and oxygen atoms in total. The third-order valence-electron chi connectivity index (χ3n) is 4.71. The van der Waals surface area contributed by atoms with Gasteiger partial charge in [-0.1, -0.05) is 6.42 Å². The van der Waals surface area contributed by atoms with Gasteiger partial charge in [0.2, 0.25) is 5.91 Å². The van der Waals surface area contributed by atoms with E-state index < -0.39 is 0 Å². The highest BCUT2D eigenvalue weighted by molar-refractivity contribution is 7.07. The fraction of sp³-hybridized carbons (Fsp3) is 0.667. The van der Waals surface area contributed by atoms with E-state index in [1.54, 1.807) is 11.3 Å². The molecule has 2 fully saturated rings. The van der Waals surface area contributed by atoms with Crippen molar-refractivity contribution in [2.75, 3.05) is 7.05 Å². The maximum atomic E-state index is 12.7.